The molecule has 5 rings (SSSR count). The van der Waals surface area contributed by atoms with Crippen molar-refractivity contribution < 1.29 is 9.59 Å². The Bertz CT molecular complexity index is 1210. The summed E-state index contributed by atoms with van der Waals surface area (Å²) in [6.07, 6.45) is 5.28. The number of para-hydroxylation sites is 4. The van der Waals surface area contributed by atoms with Crippen LogP contribution in [0.3, 0.4) is 0 Å². The Morgan fingerprint density at radius 1 is 1.03 bits per heavy atom. The van der Waals surface area contributed by atoms with Gasteiger partial charge in [0.15, 0.2) is 0 Å². The fourth-order valence-corrected chi connectivity index (χ4v) is 4.15. The largest absolute Gasteiger partial charge is 0.340 e. The lowest BCUT2D eigenvalue weighted by Crippen LogP contribution is -2.47. The molecule has 3 N–H and O–H groups in total. The van der Waals surface area contributed by atoms with Crippen molar-refractivity contribution in [2.24, 2.45) is 0 Å². The molecule has 2 aromatic carbocycles. The Kier molecular flexibility index (Phi) is 5.33. The van der Waals surface area contributed by atoms with Gasteiger partial charge in [-0.2, -0.15) is 0 Å². The van der Waals surface area contributed by atoms with Gasteiger partial charge in [0, 0.05) is 18.9 Å². The molecule has 1 atom stereocenters. The lowest BCUT2D eigenvalue weighted by molar-refractivity contribution is -0.119. The average molecular weight is 428 g/mol. The summed E-state index contributed by atoms with van der Waals surface area (Å²) in [5, 5.41) is 5.91. The zero-order chi connectivity index (χ0) is 21.9. The normalized spacial score (nSPS) is 15.8. The number of anilines is 1. The Morgan fingerprint density at radius 2 is 1.81 bits per heavy atom. The number of fused-ring (bicyclic) bond motifs is 1. The smallest absolute Gasteiger partial charge is 0.318 e. The van der Waals surface area contributed by atoms with E-state index >= 15 is 0 Å². The van der Waals surface area contributed by atoms with E-state index in [1.54, 1.807) is 4.90 Å². The van der Waals surface area contributed by atoms with Crippen LogP contribution in [0.1, 0.15) is 18.7 Å². The maximum absolute atomic E-state index is 13.1. The average Bonchev–Trinajstić information content (AvgIpc) is 3.58. The first kappa shape index (κ1) is 19.9. The number of imidazole rings is 1. The molecule has 0 saturated carbocycles. The molecule has 8 nitrogen and oxygen atoms in total. The predicted octanol–water partition coefficient (Wildman–Crippen LogP) is 3.67. The van der Waals surface area contributed by atoms with Crippen LogP contribution in [-0.4, -0.2) is 44.0 Å². The first-order chi connectivity index (χ1) is 15.7. The van der Waals surface area contributed by atoms with Crippen molar-refractivity contribution in [1.29, 1.82) is 0 Å². The SMILES string of the molecule is O=C(Nc1ccccc1-n1cccc1)[C@@H]1CCCN1C(=O)NCc1nc2ccccc2[nH]1. The van der Waals surface area contributed by atoms with Crippen LogP contribution in [0.15, 0.2) is 73.1 Å². The first-order valence-corrected chi connectivity index (χ1v) is 10.7. The van der Waals surface area contributed by atoms with Gasteiger partial charge in [0.1, 0.15) is 11.9 Å². The van der Waals surface area contributed by atoms with Crippen LogP contribution in [0.25, 0.3) is 16.7 Å². The third-order valence-electron chi connectivity index (χ3n) is 5.71. The second-order valence-electron chi connectivity index (χ2n) is 7.81. The second-order valence-corrected chi connectivity index (χ2v) is 7.81. The van der Waals surface area contributed by atoms with E-state index in [0.717, 1.165) is 23.1 Å². The Labute approximate surface area is 185 Å². The molecule has 3 amide bonds. The van der Waals surface area contributed by atoms with E-state index in [-0.39, 0.29) is 18.5 Å². The summed E-state index contributed by atoms with van der Waals surface area (Å²) >= 11 is 0. The topological polar surface area (TPSA) is 95.1 Å². The van der Waals surface area contributed by atoms with E-state index in [4.69, 9.17) is 0 Å². The van der Waals surface area contributed by atoms with Crippen molar-refractivity contribution in [3.63, 3.8) is 0 Å². The number of carbonyl (C=O) groups is 2. The summed E-state index contributed by atoms with van der Waals surface area (Å²) < 4.78 is 1.95. The molecular weight excluding hydrogens is 404 g/mol. The Balaban J connectivity index is 1.25. The minimum Gasteiger partial charge on any atom is -0.340 e. The number of H-pyrrole nitrogens is 1. The molecule has 0 unspecified atom stereocenters. The molecule has 1 saturated heterocycles. The van der Waals surface area contributed by atoms with Crippen molar-refractivity contribution >= 4 is 28.7 Å². The van der Waals surface area contributed by atoms with Gasteiger partial charge in [0.05, 0.1) is 29.0 Å². The highest BCUT2D eigenvalue weighted by Gasteiger charge is 2.34. The molecule has 162 valence electrons. The Hall–Kier alpha value is -4.07. The van der Waals surface area contributed by atoms with E-state index in [9.17, 15) is 9.59 Å². The van der Waals surface area contributed by atoms with Crippen molar-refractivity contribution in [1.82, 2.24) is 24.8 Å². The first-order valence-electron chi connectivity index (χ1n) is 10.7. The summed E-state index contributed by atoms with van der Waals surface area (Å²) in [6.45, 7) is 0.818. The van der Waals surface area contributed by atoms with Crippen molar-refractivity contribution in [3.8, 4) is 5.69 Å². The molecule has 0 bridgehead atoms. The van der Waals surface area contributed by atoms with Gasteiger partial charge in [-0.25, -0.2) is 9.78 Å². The molecule has 0 spiro atoms. The molecule has 1 aliphatic heterocycles. The number of nitrogens with zero attached hydrogens (tertiary/aromatic N) is 3. The minimum absolute atomic E-state index is 0.180. The molecule has 2 aromatic heterocycles. The molecule has 4 aromatic rings. The number of benzene rings is 2. The van der Waals surface area contributed by atoms with Crippen molar-refractivity contribution in [3.05, 3.63) is 78.9 Å². The van der Waals surface area contributed by atoms with Gasteiger partial charge < -0.3 is 25.1 Å². The fraction of sp³-hybridized carbons (Fsp3) is 0.208. The zero-order valence-corrected chi connectivity index (χ0v) is 17.5. The molecule has 1 aliphatic rings. The molecule has 0 radical (unpaired) electrons. The van der Waals surface area contributed by atoms with E-state index in [2.05, 4.69) is 20.6 Å². The number of rotatable bonds is 5. The lowest BCUT2D eigenvalue weighted by atomic mass is 10.2. The zero-order valence-electron chi connectivity index (χ0n) is 17.5. The van der Waals surface area contributed by atoms with E-state index < -0.39 is 6.04 Å². The van der Waals surface area contributed by atoms with Crippen LogP contribution >= 0.6 is 0 Å². The summed E-state index contributed by atoms with van der Waals surface area (Å²) in [6, 6.07) is 18.4. The number of nitrogens with one attached hydrogen (secondary N) is 3. The number of amides is 3. The predicted molar refractivity (Wildman–Crippen MR) is 122 cm³/mol. The van der Waals surface area contributed by atoms with Crippen molar-refractivity contribution in [2.75, 3.05) is 11.9 Å². The number of aromatic nitrogens is 3. The minimum atomic E-state index is -0.511. The van der Waals surface area contributed by atoms with Gasteiger partial charge in [0.2, 0.25) is 5.91 Å². The molecule has 3 heterocycles. The number of hydrogen-bond donors (Lipinski definition) is 3. The number of urea groups is 1. The van der Waals surface area contributed by atoms with E-state index in [0.29, 0.717) is 24.5 Å². The fourth-order valence-electron chi connectivity index (χ4n) is 4.15. The van der Waals surface area contributed by atoms with Gasteiger partial charge in [-0.15, -0.1) is 0 Å². The number of hydrogen-bond acceptors (Lipinski definition) is 3. The molecule has 0 aliphatic carbocycles. The van der Waals surface area contributed by atoms with Gasteiger partial charge in [-0.3, -0.25) is 4.79 Å². The van der Waals surface area contributed by atoms with Gasteiger partial charge in [-0.1, -0.05) is 24.3 Å². The quantitative estimate of drug-likeness (QED) is 0.453. The number of carbonyl (C=O) groups excluding carboxylic acids is 2. The molecule has 8 heteroatoms. The molecular formula is C24H24N6O2. The third kappa shape index (κ3) is 3.94. The van der Waals surface area contributed by atoms with Crippen molar-refractivity contribution in [2.45, 2.75) is 25.4 Å². The van der Waals surface area contributed by atoms with E-state index in [1.165, 1.54) is 0 Å². The summed E-state index contributed by atoms with van der Waals surface area (Å²) in [4.78, 5) is 35.2. The van der Waals surface area contributed by atoms with Crippen LogP contribution in [-0.2, 0) is 11.3 Å². The second kappa shape index (κ2) is 8.58. The van der Waals surface area contributed by atoms with Gasteiger partial charge in [-0.05, 0) is 49.2 Å². The van der Waals surface area contributed by atoms with E-state index in [1.807, 2.05) is 77.6 Å². The van der Waals surface area contributed by atoms with Crippen LogP contribution in [0, 0.1) is 0 Å². The van der Waals surface area contributed by atoms with Crippen LogP contribution < -0.4 is 10.6 Å². The standard InChI is InChI=1S/C24H24N6O2/c31-23(28-19-10-3-4-11-20(19)29-13-5-6-14-29)21-12-7-15-30(21)24(32)25-16-22-26-17-8-1-2-9-18(17)27-22/h1-6,8-11,13-14,21H,7,12,15-16H2,(H,25,32)(H,26,27)(H,28,31)/t21-/m0/s1. The summed E-state index contributed by atoms with van der Waals surface area (Å²) in [7, 11) is 0. The molecule has 32 heavy (non-hydrogen) atoms. The van der Waals surface area contributed by atoms with Crippen LogP contribution in [0.4, 0.5) is 10.5 Å². The Morgan fingerprint density at radius 3 is 2.66 bits per heavy atom. The monoisotopic (exact) mass is 428 g/mol. The summed E-state index contributed by atoms with van der Waals surface area (Å²) in [5.74, 6) is 0.501. The number of aromatic amines is 1. The molecule has 1 fully saturated rings. The highest BCUT2D eigenvalue weighted by molar-refractivity contribution is 5.98. The maximum atomic E-state index is 13.1. The maximum Gasteiger partial charge on any atom is 0.318 e. The van der Waals surface area contributed by atoms with Crippen LogP contribution in [0.5, 0.6) is 0 Å². The highest BCUT2D eigenvalue weighted by Crippen LogP contribution is 2.23. The number of likely N-dealkylation sites (tertiary alicyclic amines) is 1. The highest BCUT2D eigenvalue weighted by atomic mass is 16.2. The van der Waals surface area contributed by atoms with Crippen LogP contribution in [0.2, 0.25) is 0 Å². The third-order valence-corrected chi connectivity index (χ3v) is 5.71. The van der Waals surface area contributed by atoms with Gasteiger partial charge >= 0.3 is 6.03 Å². The lowest BCUT2D eigenvalue weighted by Gasteiger charge is -2.24. The van der Waals surface area contributed by atoms with Gasteiger partial charge in [0.25, 0.3) is 0 Å². The summed E-state index contributed by atoms with van der Waals surface area (Å²) in [5.41, 5.74) is 3.38.